The van der Waals surface area contributed by atoms with E-state index in [2.05, 4.69) is 19.2 Å². The molecule has 0 aromatic rings. The van der Waals surface area contributed by atoms with Gasteiger partial charge in [-0.25, -0.2) is 4.79 Å². The molecule has 2 amide bonds. The number of nitrogens with zero attached hydrogens (tertiary/aromatic N) is 1. The van der Waals surface area contributed by atoms with Gasteiger partial charge in [0.1, 0.15) is 0 Å². The summed E-state index contributed by atoms with van der Waals surface area (Å²) in [5, 5.41) is 11.8. The van der Waals surface area contributed by atoms with Crippen molar-refractivity contribution in [2.45, 2.75) is 78.3 Å². The summed E-state index contributed by atoms with van der Waals surface area (Å²) in [6, 6.07) is 0.260. The van der Waals surface area contributed by atoms with Gasteiger partial charge in [0.05, 0.1) is 0 Å². The summed E-state index contributed by atoms with van der Waals surface area (Å²) in [6.07, 6.45) is 5.02. The highest BCUT2D eigenvalue weighted by Gasteiger charge is 2.30. The predicted octanol–water partition coefficient (Wildman–Crippen LogP) is 3.24. The van der Waals surface area contributed by atoms with Gasteiger partial charge in [0, 0.05) is 25.0 Å². The highest BCUT2D eigenvalue weighted by atomic mass is 16.4. The van der Waals surface area contributed by atoms with Crippen molar-refractivity contribution < 1.29 is 14.7 Å². The van der Waals surface area contributed by atoms with Crippen LogP contribution in [0.15, 0.2) is 0 Å². The Hall–Kier alpha value is -1.26. The molecule has 2 N–H and O–H groups in total. The number of rotatable bonds is 6. The highest BCUT2D eigenvalue weighted by molar-refractivity contribution is 5.75. The number of carbonyl (C=O) groups is 2. The van der Waals surface area contributed by atoms with Crippen LogP contribution < -0.4 is 5.32 Å². The van der Waals surface area contributed by atoms with Crippen LogP contribution in [0.5, 0.6) is 0 Å². The molecule has 0 spiro atoms. The van der Waals surface area contributed by atoms with Crippen molar-refractivity contribution in [3.63, 3.8) is 0 Å². The van der Waals surface area contributed by atoms with Gasteiger partial charge in [0.25, 0.3) is 0 Å². The Labute approximate surface area is 128 Å². The quantitative estimate of drug-likeness (QED) is 0.791. The Morgan fingerprint density at radius 1 is 1.38 bits per heavy atom. The fourth-order valence-corrected chi connectivity index (χ4v) is 3.07. The molecular formula is C16H30N2O3. The van der Waals surface area contributed by atoms with E-state index < -0.39 is 5.97 Å². The average molecular weight is 298 g/mol. The summed E-state index contributed by atoms with van der Waals surface area (Å²) in [7, 11) is 0. The van der Waals surface area contributed by atoms with Crippen LogP contribution >= 0.6 is 0 Å². The fourth-order valence-electron chi connectivity index (χ4n) is 3.07. The van der Waals surface area contributed by atoms with E-state index in [-0.39, 0.29) is 24.5 Å². The summed E-state index contributed by atoms with van der Waals surface area (Å²) in [5.41, 5.74) is 0.294. The number of carboxylic acid groups (broad SMARTS) is 1. The molecule has 0 heterocycles. The molecule has 0 radical (unpaired) electrons. The monoisotopic (exact) mass is 298 g/mol. The van der Waals surface area contributed by atoms with Gasteiger partial charge in [-0.05, 0) is 44.9 Å². The van der Waals surface area contributed by atoms with Crippen LogP contribution in [0, 0.1) is 5.41 Å². The minimum absolute atomic E-state index is 0.0573. The van der Waals surface area contributed by atoms with Crippen LogP contribution in [0.4, 0.5) is 4.79 Å². The number of amides is 2. The maximum absolute atomic E-state index is 12.4. The van der Waals surface area contributed by atoms with E-state index in [0.717, 1.165) is 19.3 Å². The van der Waals surface area contributed by atoms with Gasteiger partial charge in [-0.15, -0.1) is 0 Å². The molecule has 5 heteroatoms. The number of carbonyl (C=O) groups excluding carboxylic acids is 1. The van der Waals surface area contributed by atoms with Gasteiger partial charge >= 0.3 is 12.0 Å². The predicted molar refractivity (Wildman–Crippen MR) is 83.3 cm³/mol. The first-order valence-electron chi connectivity index (χ1n) is 8.00. The molecule has 0 aliphatic heterocycles. The molecule has 1 aliphatic rings. The van der Waals surface area contributed by atoms with Gasteiger partial charge < -0.3 is 15.3 Å². The Balaban J connectivity index is 2.50. The first-order chi connectivity index (χ1) is 9.71. The topological polar surface area (TPSA) is 69.6 Å². The number of hydrogen-bond donors (Lipinski definition) is 2. The second kappa shape index (κ2) is 7.66. The van der Waals surface area contributed by atoms with Crippen molar-refractivity contribution in [1.29, 1.82) is 0 Å². The largest absolute Gasteiger partial charge is 0.481 e. The van der Waals surface area contributed by atoms with Gasteiger partial charge in [0.2, 0.25) is 0 Å². The molecule has 1 fully saturated rings. The Morgan fingerprint density at radius 2 is 2.05 bits per heavy atom. The first-order valence-corrected chi connectivity index (χ1v) is 8.00. The van der Waals surface area contributed by atoms with E-state index in [1.165, 1.54) is 6.42 Å². The third-order valence-corrected chi connectivity index (χ3v) is 4.21. The molecule has 1 atom stereocenters. The van der Waals surface area contributed by atoms with E-state index in [1.807, 2.05) is 13.8 Å². The van der Waals surface area contributed by atoms with Crippen LogP contribution in [-0.2, 0) is 4.79 Å². The van der Waals surface area contributed by atoms with Crippen molar-refractivity contribution in [2.24, 2.45) is 5.41 Å². The van der Waals surface area contributed by atoms with Gasteiger partial charge in [-0.1, -0.05) is 20.3 Å². The second-order valence-corrected chi connectivity index (χ2v) is 7.19. The van der Waals surface area contributed by atoms with E-state index in [9.17, 15) is 9.59 Å². The first kappa shape index (κ1) is 17.8. The minimum atomic E-state index is -0.812. The second-order valence-electron chi connectivity index (χ2n) is 7.19. The highest BCUT2D eigenvalue weighted by Crippen LogP contribution is 2.35. The van der Waals surface area contributed by atoms with Crippen molar-refractivity contribution in [3.8, 4) is 0 Å². The number of nitrogens with one attached hydrogen (secondary N) is 1. The molecule has 1 aliphatic carbocycles. The molecule has 21 heavy (non-hydrogen) atoms. The summed E-state index contributed by atoms with van der Waals surface area (Å²) >= 11 is 0. The third kappa shape index (κ3) is 6.36. The number of hydrogen-bond acceptors (Lipinski definition) is 2. The van der Waals surface area contributed by atoms with E-state index in [1.54, 1.807) is 4.90 Å². The smallest absolute Gasteiger partial charge is 0.317 e. The maximum atomic E-state index is 12.4. The molecular weight excluding hydrogens is 268 g/mol. The van der Waals surface area contributed by atoms with E-state index >= 15 is 0 Å². The molecule has 1 unspecified atom stereocenters. The van der Waals surface area contributed by atoms with Crippen LogP contribution in [0.2, 0.25) is 0 Å². The number of urea groups is 1. The molecule has 122 valence electrons. The van der Waals surface area contributed by atoms with Crippen LogP contribution in [0.3, 0.4) is 0 Å². The molecule has 1 rings (SSSR count). The van der Waals surface area contributed by atoms with Crippen molar-refractivity contribution in [3.05, 3.63) is 0 Å². The van der Waals surface area contributed by atoms with Crippen LogP contribution in [0.25, 0.3) is 0 Å². The summed E-state index contributed by atoms with van der Waals surface area (Å²) < 4.78 is 0. The molecule has 0 aromatic heterocycles. The SMILES string of the molecule is CC(C)N(CCCC(=O)O)C(=O)NC1CCCC(C)(C)C1. The molecule has 1 saturated carbocycles. The minimum Gasteiger partial charge on any atom is -0.481 e. The summed E-state index contributed by atoms with van der Waals surface area (Å²) in [6.45, 7) is 8.92. The van der Waals surface area contributed by atoms with Crippen LogP contribution in [0.1, 0.15) is 66.2 Å². The third-order valence-electron chi connectivity index (χ3n) is 4.21. The van der Waals surface area contributed by atoms with E-state index in [4.69, 9.17) is 5.11 Å². The maximum Gasteiger partial charge on any atom is 0.317 e. The number of carboxylic acids is 1. The molecule has 0 aromatic carbocycles. The average Bonchev–Trinajstić information content (AvgIpc) is 2.32. The lowest BCUT2D eigenvalue weighted by molar-refractivity contribution is -0.137. The fraction of sp³-hybridized carbons (Fsp3) is 0.875. The Morgan fingerprint density at radius 3 is 2.57 bits per heavy atom. The van der Waals surface area contributed by atoms with Crippen molar-refractivity contribution in [1.82, 2.24) is 10.2 Å². The standard InChI is InChI=1S/C16H30N2O3/c1-12(2)18(10-6-8-14(19)20)15(21)17-13-7-5-9-16(3,4)11-13/h12-13H,5-11H2,1-4H3,(H,17,21)(H,19,20). The molecule has 0 saturated heterocycles. The van der Waals surface area contributed by atoms with E-state index in [0.29, 0.717) is 18.4 Å². The Bertz CT molecular complexity index is 367. The molecule has 5 nitrogen and oxygen atoms in total. The lowest BCUT2D eigenvalue weighted by Crippen LogP contribution is -2.50. The number of aliphatic carboxylic acids is 1. The van der Waals surface area contributed by atoms with Gasteiger partial charge in [-0.2, -0.15) is 0 Å². The lowest BCUT2D eigenvalue weighted by Gasteiger charge is -2.37. The zero-order chi connectivity index (χ0) is 16.0. The summed E-state index contributed by atoms with van der Waals surface area (Å²) in [4.78, 5) is 24.7. The normalized spacial score (nSPS) is 21.1. The Kier molecular flexibility index (Phi) is 6.49. The zero-order valence-electron chi connectivity index (χ0n) is 13.8. The molecule has 0 bridgehead atoms. The summed E-state index contributed by atoms with van der Waals surface area (Å²) in [5.74, 6) is -0.812. The van der Waals surface area contributed by atoms with Crippen molar-refractivity contribution >= 4 is 12.0 Å². The van der Waals surface area contributed by atoms with Crippen molar-refractivity contribution in [2.75, 3.05) is 6.54 Å². The van der Waals surface area contributed by atoms with Gasteiger partial charge in [-0.3, -0.25) is 4.79 Å². The van der Waals surface area contributed by atoms with Gasteiger partial charge in [0.15, 0.2) is 0 Å². The van der Waals surface area contributed by atoms with Crippen LogP contribution in [-0.4, -0.2) is 40.6 Å². The lowest BCUT2D eigenvalue weighted by atomic mass is 9.75. The zero-order valence-corrected chi connectivity index (χ0v) is 13.8.